The van der Waals surface area contributed by atoms with E-state index in [9.17, 15) is 9.90 Å². The van der Waals surface area contributed by atoms with Crippen molar-refractivity contribution in [3.05, 3.63) is 69.8 Å². The number of ether oxygens (including phenoxy) is 1. The number of aromatic nitrogens is 2. The number of halogens is 1. The van der Waals surface area contributed by atoms with E-state index in [1.54, 1.807) is 24.3 Å². The molecule has 0 amide bonds. The van der Waals surface area contributed by atoms with Crippen molar-refractivity contribution in [2.75, 3.05) is 7.11 Å². The second-order valence-electron chi connectivity index (χ2n) is 5.26. The number of fused-ring (bicyclic) bond motifs is 1. The Bertz CT molecular complexity index is 1010. The lowest BCUT2D eigenvalue weighted by molar-refractivity contribution is 0.373. The fourth-order valence-electron chi connectivity index (χ4n) is 2.45. The third-order valence-corrected chi connectivity index (χ3v) is 3.92. The van der Waals surface area contributed by atoms with Crippen LogP contribution in [0.1, 0.15) is 17.0 Å². The van der Waals surface area contributed by atoms with Gasteiger partial charge in [-0.15, -0.1) is 0 Å². The average molecular weight is 343 g/mol. The Labute approximate surface area is 143 Å². The van der Waals surface area contributed by atoms with Crippen molar-refractivity contribution in [2.24, 2.45) is 0 Å². The molecule has 0 bridgehead atoms. The summed E-state index contributed by atoms with van der Waals surface area (Å²) in [7, 11) is 1.48. The number of phenolic OH excluding ortho intramolecular Hbond substituents is 1. The van der Waals surface area contributed by atoms with E-state index in [0.717, 1.165) is 5.69 Å². The molecule has 0 unspecified atom stereocenters. The van der Waals surface area contributed by atoms with Gasteiger partial charge in [-0.25, -0.2) is 4.98 Å². The third-order valence-electron chi connectivity index (χ3n) is 3.62. The number of aromatic hydroxyl groups is 1. The molecule has 0 atom stereocenters. The van der Waals surface area contributed by atoms with Crippen LogP contribution in [0.5, 0.6) is 11.5 Å². The van der Waals surface area contributed by atoms with Crippen LogP contribution in [0, 0.1) is 6.92 Å². The summed E-state index contributed by atoms with van der Waals surface area (Å²) in [5.74, 6) is 0.388. The molecule has 1 N–H and O–H groups in total. The summed E-state index contributed by atoms with van der Waals surface area (Å²) in [5, 5.41) is 10.1. The predicted octanol–water partition coefficient (Wildman–Crippen LogP) is 3.45. The highest BCUT2D eigenvalue weighted by molar-refractivity contribution is 6.51. The zero-order valence-corrected chi connectivity index (χ0v) is 13.9. The SMILES string of the molecule is COc1ccc(/C=C(\Cl)c2cc(=O)n3c(C)cccc3n2)cc1O. The number of rotatable bonds is 3. The summed E-state index contributed by atoms with van der Waals surface area (Å²) >= 11 is 6.32. The molecule has 0 saturated heterocycles. The predicted molar refractivity (Wildman–Crippen MR) is 94.6 cm³/mol. The third kappa shape index (κ3) is 2.98. The number of methoxy groups -OCH3 is 1. The minimum atomic E-state index is -0.197. The number of pyridine rings is 1. The lowest BCUT2D eigenvalue weighted by Crippen LogP contribution is -2.16. The molecule has 0 spiro atoms. The Kier molecular flexibility index (Phi) is 4.27. The van der Waals surface area contributed by atoms with Crippen LogP contribution in [0.25, 0.3) is 16.8 Å². The van der Waals surface area contributed by atoms with Crippen molar-refractivity contribution >= 4 is 28.4 Å². The van der Waals surface area contributed by atoms with Crippen molar-refractivity contribution in [3.8, 4) is 11.5 Å². The van der Waals surface area contributed by atoms with Gasteiger partial charge in [-0.1, -0.05) is 23.7 Å². The Morgan fingerprint density at radius 2 is 2.08 bits per heavy atom. The van der Waals surface area contributed by atoms with Gasteiger partial charge in [-0.3, -0.25) is 9.20 Å². The van der Waals surface area contributed by atoms with E-state index in [4.69, 9.17) is 16.3 Å². The van der Waals surface area contributed by atoms with Gasteiger partial charge in [0.2, 0.25) is 0 Å². The number of hydrogen-bond acceptors (Lipinski definition) is 4. The van der Waals surface area contributed by atoms with E-state index in [1.165, 1.54) is 23.6 Å². The molecule has 2 aromatic heterocycles. The maximum absolute atomic E-state index is 12.3. The Balaban J connectivity index is 2.06. The highest BCUT2D eigenvalue weighted by Crippen LogP contribution is 2.28. The first-order valence-electron chi connectivity index (χ1n) is 7.23. The van der Waals surface area contributed by atoms with Gasteiger partial charge in [0.25, 0.3) is 5.56 Å². The molecule has 0 radical (unpaired) electrons. The molecular weight excluding hydrogens is 328 g/mol. The first kappa shape index (κ1) is 16.1. The van der Waals surface area contributed by atoms with E-state index in [-0.39, 0.29) is 11.3 Å². The van der Waals surface area contributed by atoms with E-state index in [0.29, 0.717) is 27.7 Å². The smallest absolute Gasteiger partial charge is 0.258 e. The first-order valence-corrected chi connectivity index (χ1v) is 7.61. The lowest BCUT2D eigenvalue weighted by Gasteiger charge is -2.07. The molecule has 122 valence electrons. The van der Waals surface area contributed by atoms with Crippen LogP contribution in [-0.2, 0) is 0 Å². The Morgan fingerprint density at radius 3 is 2.79 bits per heavy atom. The highest BCUT2D eigenvalue weighted by atomic mass is 35.5. The van der Waals surface area contributed by atoms with Crippen molar-refractivity contribution in [1.29, 1.82) is 0 Å². The van der Waals surface area contributed by atoms with Crippen LogP contribution in [0.15, 0.2) is 47.3 Å². The number of phenols is 1. The highest BCUT2D eigenvalue weighted by Gasteiger charge is 2.08. The maximum atomic E-state index is 12.3. The first-order chi connectivity index (χ1) is 11.5. The van der Waals surface area contributed by atoms with Crippen LogP contribution in [-0.4, -0.2) is 21.6 Å². The summed E-state index contributed by atoms with van der Waals surface area (Å²) in [4.78, 5) is 16.7. The van der Waals surface area contributed by atoms with Crippen molar-refractivity contribution < 1.29 is 9.84 Å². The maximum Gasteiger partial charge on any atom is 0.258 e. The van der Waals surface area contributed by atoms with Crippen LogP contribution >= 0.6 is 11.6 Å². The van der Waals surface area contributed by atoms with E-state index in [1.807, 2.05) is 19.1 Å². The van der Waals surface area contributed by atoms with Crippen LogP contribution < -0.4 is 10.3 Å². The number of benzene rings is 1. The minimum Gasteiger partial charge on any atom is -0.504 e. The van der Waals surface area contributed by atoms with Gasteiger partial charge in [-0.2, -0.15) is 0 Å². The monoisotopic (exact) mass is 342 g/mol. The van der Waals surface area contributed by atoms with E-state index < -0.39 is 0 Å². The van der Waals surface area contributed by atoms with E-state index >= 15 is 0 Å². The van der Waals surface area contributed by atoms with Crippen LogP contribution in [0.3, 0.4) is 0 Å². The van der Waals surface area contributed by atoms with Gasteiger partial charge in [0.05, 0.1) is 17.8 Å². The van der Waals surface area contributed by atoms with Gasteiger partial charge < -0.3 is 9.84 Å². The number of nitrogens with zero attached hydrogens (tertiary/aromatic N) is 2. The summed E-state index contributed by atoms with van der Waals surface area (Å²) in [6.07, 6.45) is 1.63. The van der Waals surface area contributed by atoms with Gasteiger partial charge in [0.15, 0.2) is 11.5 Å². The molecule has 24 heavy (non-hydrogen) atoms. The Morgan fingerprint density at radius 1 is 1.29 bits per heavy atom. The largest absolute Gasteiger partial charge is 0.504 e. The molecule has 0 aliphatic heterocycles. The molecular formula is C18H15ClN2O3. The van der Waals surface area contributed by atoms with Gasteiger partial charge in [-0.05, 0) is 42.8 Å². The van der Waals surface area contributed by atoms with Crippen molar-refractivity contribution in [1.82, 2.24) is 9.38 Å². The summed E-state index contributed by atoms with van der Waals surface area (Å²) < 4.78 is 6.53. The molecule has 6 heteroatoms. The van der Waals surface area contributed by atoms with Crippen molar-refractivity contribution in [3.63, 3.8) is 0 Å². The molecule has 2 heterocycles. The molecule has 3 rings (SSSR count). The van der Waals surface area contributed by atoms with Gasteiger partial charge in [0.1, 0.15) is 5.65 Å². The van der Waals surface area contributed by atoms with E-state index in [2.05, 4.69) is 4.98 Å². The van der Waals surface area contributed by atoms with Crippen molar-refractivity contribution in [2.45, 2.75) is 6.92 Å². The summed E-state index contributed by atoms with van der Waals surface area (Å²) in [6, 6.07) is 11.7. The molecule has 3 aromatic rings. The molecule has 0 aliphatic rings. The topological polar surface area (TPSA) is 63.8 Å². The second-order valence-corrected chi connectivity index (χ2v) is 5.67. The standard InChI is InChI=1S/C18H15ClN2O3/c1-11-4-3-5-17-20-14(10-18(23)21(11)17)13(19)8-12-6-7-16(24-2)15(22)9-12/h3-10,22H,1-2H3/b13-8-. The normalized spacial score (nSPS) is 11.7. The molecule has 1 aromatic carbocycles. The van der Waals surface area contributed by atoms with Crippen LogP contribution in [0.4, 0.5) is 0 Å². The van der Waals surface area contributed by atoms with Crippen LogP contribution in [0.2, 0.25) is 0 Å². The summed E-state index contributed by atoms with van der Waals surface area (Å²) in [6.45, 7) is 1.84. The van der Waals surface area contributed by atoms with Gasteiger partial charge in [0, 0.05) is 11.8 Å². The molecule has 0 aliphatic carbocycles. The zero-order valence-electron chi connectivity index (χ0n) is 13.2. The summed E-state index contributed by atoms with van der Waals surface area (Å²) in [5.41, 5.74) is 2.18. The minimum absolute atomic E-state index is 0.0119. The zero-order chi connectivity index (χ0) is 17.3. The Hall–Kier alpha value is -2.79. The molecule has 0 fully saturated rings. The number of hydrogen-bond donors (Lipinski definition) is 1. The fourth-order valence-corrected chi connectivity index (χ4v) is 2.68. The number of aryl methyl sites for hydroxylation is 1. The quantitative estimate of drug-likeness (QED) is 0.791. The second kappa shape index (κ2) is 6.37. The average Bonchev–Trinajstić information content (AvgIpc) is 2.54. The molecule has 5 nitrogen and oxygen atoms in total. The van der Waals surface area contributed by atoms with Gasteiger partial charge >= 0.3 is 0 Å². The fraction of sp³-hybridized carbons (Fsp3) is 0.111. The molecule has 0 saturated carbocycles. The lowest BCUT2D eigenvalue weighted by atomic mass is 10.1.